The topological polar surface area (TPSA) is 73.8 Å². The number of nitrogens with one attached hydrogen (secondary N) is 2. The van der Waals surface area contributed by atoms with E-state index < -0.39 is 9.84 Å². The minimum absolute atomic E-state index is 0. The quantitative estimate of drug-likeness (QED) is 0.321. The van der Waals surface area contributed by atoms with Crippen molar-refractivity contribution in [2.45, 2.75) is 43.5 Å². The maximum absolute atomic E-state index is 12.6. The minimum atomic E-state index is -3.32. The fourth-order valence-corrected chi connectivity index (χ4v) is 4.77. The second-order valence-corrected chi connectivity index (χ2v) is 8.78. The van der Waals surface area contributed by atoms with E-state index >= 15 is 0 Å². The van der Waals surface area contributed by atoms with E-state index in [-0.39, 0.29) is 35.8 Å². The van der Waals surface area contributed by atoms with Crippen LogP contribution in [0.25, 0.3) is 0 Å². The van der Waals surface area contributed by atoms with Gasteiger partial charge in [0.2, 0.25) is 0 Å². The Balaban J connectivity index is 0.00000364. The number of nitrogens with zero attached hydrogens (tertiary/aromatic N) is 2. The first-order chi connectivity index (χ1) is 12.5. The summed E-state index contributed by atoms with van der Waals surface area (Å²) in [5, 5.41) is 6.57. The molecule has 2 N–H and O–H groups in total. The molecule has 1 unspecified atom stereocenters. The third kappa shape index (κ3) is 8.35. The van der Waals surface area contributed by atoms with Gasteiger partial charge in [-0.25, -0.2) is 8.42 Å². The zero-order valence-corrected chi connectivity index (χ0v) is 19.5. The zero-order valence-electron chi connectivity index (χ0n) is 16.4. The highest BCUT2D eigenvalue weighted by Crippen LogP contribution is 2.12. The molecule has 1 atom stereocenters. The fourth-order valence-electron chi connectivity index (χ4n) is 3.15. The van der Waals surface area contributed by atoms with Gasteiger partial charge in [0.05, 0.1) is 10.6 Å². The highest BCUT2D eigenvalue weighted by molar-refractivity contribution is 14.0. The number of likely N-dealkylation sites (tertiary alicyclic amines) is 1. The van der Waals surface area contributed by atoms with Crippen LogP contribution in [0.4, 0.5) is 0 Å². The molecule has 1 aliphatic rings. The number of hydrogen-bond donors (Lipinski definition) is 2. The lowest BCUT2D eigenvalue weighted by molar-refractivity contribution is 0.232. The number of hydrogen-bond acceptors (Lipinski definition) is 4. The van der Waals surface area contributed by atoms with Gasteiger partial charge in [-0.15, -0.1) is 24.0 Å². The Morgan fingerprint density at radius 2 is 1.85 bits per heavy atom. The van der Waals surface area contributed by atoms with Gasteiger partial charge in [0.15, 0.2) is 15.8 Å². The van der Waals surface area contributed by atoms with Crippen LogP contribution in [0.15, 0.2) is 40.2 Å². The lowest BCUT2D eigenvalue weighted by atomic mass is 10.1. The van der Waals surface area contributed by atoms with Gasteiger partial charge in [0.25, 0.3) is 0 Å². The summed E-state index contributed by atoms with van der Waals surface area (Å²) in [7, 11) is -1.60. The Kier molecular flexibility index (Phi) is 11.2. The average Bonchev–Trinajstić information content (AvgIpc) is 2.67. The Bertz CT molecular complexity index is 662. The van der Waals surface area contributed by atoms with Crippen molar-refractivity contribution in [3.8, 4) is 0 Å². The van der Waals surface area contributed by atoms with E-state index in [1.54, 1.807) is 31.3 Å². The first-order valence-electron chi connectivity index (χ1n) is 9.52. The molecular formula is C19H33IN4O2S. The third-order valence-electron chi connectivity index (χ3n) is 4.75. The molecule has 0 radical (unpaired) electrons. The molecule has 6 nitrogen and oxygen atoms in total. The summed E-state index contributed by atoms with van der Waals surface area (Å²) in [5.41, 5.74) is 0. The van der Waals surface area contributed by atoms with Crippen LogP contribution < -0.4 is 10.6 Å². The second kappa shape index (κ2) is 12.6. The summed E-state index contributed by atoms with van der Waals surface area (Å²) in [6.07, 6.45) is 4.60. The number of benzene rings is 1. The van der Waals surface area contributed by atoms with E-state index in [0.717, 1.165) is 13.1 Å². The molecule has 0 aromatic heterocycles. The SMILES string of the molecule is CCC(CS(=O)(=O)c1ccccc1)NC(=NC)NCCN1CCCCC1.I. The Hall–Kier alpha value is -0.870. The lowest BCUT2D eigenvalue weighted by Gasteiger charge is -2.27. The van der Waals surface area contributed by atoms with Gasteiger partial charge >= 0.3 is 0 Å². The van der Waals surface area contributed by atoms with E-state index in [0.29, 0.717) is 17.3 Å². The molecule has 1 aliphatic heterocycles. The molecule has 0 saturated carbocycles. The predicted octanol–water partition coefficient (Wildman–Crippen LogP) is 2.51. The van der Waals surface area contributed by atoms with Crippen molar-refractivity contribution in [3.05, 3.63) is 30.3 Å². The maximum Gasteiger partial charge on any atom is 0.191 e. The van der Waals surface area contributed by atoms with Gasteiger partial charge in [-0.3, -0.25) is 4.99 Å². The summed E-state index contributed by atoms with van der Waals surface area (Å²) >= 11 is 0. The smallest absolute Gasteiger partial charge is 0.191 e. The van der Waals surface area contributed by atoms with Crippen molar-refractivity contribution < 1.29 is 8.42 Å². The highest BCUT2D eigenvalue weighted by Gasteiger charge is 2.21. The van der Waals surface area contributed by atoms with Crippen LogP contribution in [0.5, 0.6) is 0 Å². The van der Waals surface area contributed by atoms with Gasteiger partial charge < -0.3 is 15.5 Å². The summed E-state index contributed by atoms with van der Waals surface area (Å²) in [6, 6.07) is 8.44. The largest absolute Gasteiger partial charge is 0.355 e. The highest BCUT2D eigenvalue weighted by atomic mass is 127. The van der Waals surface area contributed by atoms with Gasteiger partial charge in [0, 0.05) is 26.2 Å². The molecule has 1 heterocycles. The number of rotatable bonds is 8. The van der Waals surface area contributed by atoms with Crippen LogP contribution in [0.3, 0.4) is 0 Å². The van der Waals surface area contributed by atoms with Crippen molar-refractivity contribution in [2.24, 2.45) is 4.99 Å². The monoisotopic (exact) mass is 508 g/mol. The van der Waals surface area contributed by atoms with Crippen LogP contribution >= 0.6 is 24.0 Å². The zero-order chi connectivity index (χ0) is 18.8. The Morgan fingerprint density at radius 1 is 1.19 bits per heavy atom. The molecule has 0 aliphatic carbocycles. The number of guanidine groups is 1. The summed E-state index contributed by atoms with van der Waals surface area (Å²) in [4.78, 5) is 7.07. The fraction of sp³-hybridized carbons (Fsp3) is 0.632. The molecule has 0 spiro atoms. The molecular weight excluding hydrogens is 475 g/mol. The predicted molar refractivity (Wildman–Crippen MR) is 123 cm³/mol. The van der Waals surface area contributed by atoms with Gasteiger partial charge in [0.1, 0.15) is 0 Å². The second-order valence-electron chi connectivity index (χ2n) is 6.75. The van der Waals surface area contributed by atoms with Crippen molar-refractivity contribution >= 4 is 39.8 Å². The minimum Gasteiger partial charge on any atom is -0.355 e. The third-order valence-corrected chi connectivity index (χ3v) is 6.58. The van der Waals surface area contributed by atoms with Crippen molar-refractivity contribution in [2.75, 3.05) is 39.0 Å². The van der Waals surface area contributed by atoms with E-state index in [9.17, 15) is 8.42 Å². The number of aliphatic imine (C=N–C) groups is 1. The van der Waals surface area contributed by atoms with Crippen molar-refractivity contribution in [1.82, 2.24) is 15.5 Å². The van der Waals surface area contributed by atoms with Gasteiger partial charge in [-0.1, -0.05) is 31.5 Å². The molecule has 1 fully saturated rings. The Labute approximate surface area is 181 Å². The molecule has 1 aromatic rings. The number of halogens is 1. The van der Waals surface area contributed by atoms with E-state index in [4.69, 9.17) is 0 Å². The molecule has 154 valence electrons. The van der Waals surface area contributed by atoms with Crippen LogP contribution in [0.2, 0.25) is 0 Å². The summed E-state index contributed by atoms with van der Waals surface area (Å²) in [5.74, 6) is 0.720. The standard InChI is InChI=1S/C19H32N4O2S.HI/c1-3-17(16-26(24,25)18-10-6-4-7-11-18)22-19(20-2)21-12-15-23-13-8-5-9-14-23;/h4,6-7,10-11,17H,3,5,8-9,12-16H2,1-2H3,(H2,20,21,22);1H. The summed E-state index contributed by atoms with van der Waals surface area (Å²) in [6.45, 7) is 6.11. The average molecular weight is 508 g/mol. The van der Waals surface area contributed by atoms with Crippen molar-refractivity contribution in [1.29, 1.82) is 0 Å². The summed E-state index contributed by atoms with van der Waals surface area (Å²) < 4.78 is 25.2. The molecule has 1 aromatic carbocycles. The number of piperidine rings is 1. The molecule has 27 heavy (non-hydrogen) atoms. The van der Waals surface area contributed by atoms with Crippen LogP contribution in [-0.4, -0.2) is 64.3 Å². The van der Waals surface area contributed by atoms with E-state index in [1.807, 2.05) is 13.0 Å². The van der Waals surface area contributed by atoms with E-state index in [2.05, 4.69) is 20.5 Å². The lowest BCUT2D eigenvalue weighted by Crippen LogP contribution is -2.48. The molecule has 1 saturated heterocycles. The van der Waals surface area contributed by atoms with Crippen LogP contribution in [-0.2, 0) is 9.84 Å². The van der Waals surface area contributed by atoms with Gasteiger partial charge in [-0.2, -0.15) is 0 Å². The maximum atomic E-state index is 12.6. The van der Waals surface area contributed by atoms with E-state index in [1.165, 1.54) is 32.4 Å². The van der Waals surface area contributed by atoms with Crippen LogP contribution in [0.1, 0.15) is 32.6 Å². The molecule has 0 amide bonds. The first-order valence-corrected chi connectivity index (χ1v) is 11.2. The normalized spacial score (nSPS) is 17.0. The van der Waals surface area contributed by atoms with Crippen LogP contribution in [0, 0.1) is 0 Å². The number of sulfone groups is 1. The molecule has 2 rings (SSSR count). The Morgan fingerprint density at radius 3 is 2.44 bits per heavy atom. The first kappa shape index (κ1) is 24.2. The van der Waals surface area contributed by atoms with Crippen molar-refractivity contribution in [3.63, 3.8) is 0 Å². The molecule has 0 bridgehead atoms. The van der Waals surface area contributed by atoms with Gasteiger partial charge in [-0.05, 0) is 44.5 Å². The molecule has 8 heteroatoms.